The maximum absolute atomic E-state index is 12.6. The van der Waals surface area contributed by atoms with Gasteiger partial charge in [0.2, 0.25) is 17.7 Å². The van der Waals surface area contributed by atoms with Crippen molar-refractivity contribution in [2.75, 3.05) is 37.6 Å². The molecule has 2 atom stereocenters. The molecular formula is C21H26N4O5. The van der Waals surface area contributed by atoms with E-state index < -0.39 is 4.92 Å². The number of benzene rings is 1. The molecule has 1 aromatic rings. The Labute approximate surface area is 174 Å². The van der Waals surface area contributed by atoms with Crippen LogP contribution < -0.4 is 4.90 Å². The van der Waals surface area contributed by atoms with Crippen molar-refractivity contribution >= 4 is 29.1 Å². The quantitative estimate of drug-likeness (QED) is 0.413. The minimum Gasteiger partial charge on any atom is -0.368 e. The average molecular weight is 414 g/mol. The first-order valence-electron chi connectivity index (χ1n) is 10.6. The van der Waals surface area contributed by atoms with E-state index in [1.165, 1.54) is 17.0 Å². The van der Waals surface area contributed by atoms with Crippen LogP contribution in [0.25, 0.3) is 0 Å². The van der Waals surface area contributed by atoms with Gasteiger partial charge in [-0.05, 0) is 25.0 Å². The van der Waals surface area contributed by atoms with Crippen LogP contribution >= 0.6 is 0 Å². The summed E-state index contributed by atoms with van der Waals surface area (Å²) in [6, 6.07) is 6.41. The number of nitrogens with zero attached hydrogens (tertiary/aromatic N) is 4. The molecule has 9 nitrogen and oxygen atoms in total. The highest BCUT2D eigenvalue weighted by molar-refractivity contribution is 6.05. The molecule has 1 saturated carbocycles. The highest BCUT2D eigenvalue weighted by atomic mass is 16.6. The van der Waals surface area contributed by atoms with E-state index in [4.69, 9.17) is 0 Å². The molecule has 0 bridgehead atoms. The molecule has 0 radical (unpaired) electrons. The lowest BCUT2D eigenvalue weighted by Gasteiger charge is -2.36. The van der Waals surface area contributed by atoms with Crippen LogP contribution in [-0.2, 0) is 14.4 Å². The topological polar surface area (TPSA) is 104 Å². The van der Waals surface area contributed by atoms with Crippen LogP contribution in [0, 0.1) is 22.0 Å². The van der Waals surface area contributed by atoms with Crippen molar-refractivity contribution in [3.63, 3.8) is 0 Å². The molecule has 0 spiro atoms. The zero-order valence-electron chi connectivity index (χ0n) is 16.9. The third-order valence-electron chi connectivity index (χ3n) is 6.54. The minimum atomic E-state index is -0.425. The number of non-ortho nitro benzene ring substituents is 1. The third kappa shape index (κ3) is 3.88. The Morgan fingerprint density at radius 1 is 0.967 bits per heavy atom. The smallest absolute Gasteiger partial charge is 0.269 e. The second-order valence-electron chi connectivity index (χ2n) is 8.22. The number of anilines is 1. The lowest BCUT2D eigenvalue weighted by molar-refractivity contribution is -0.384. The van der Waals surface area contributed by atoms with Gasteiger partial charge in [-0.2, -0.15) is 0 Å². The standard InChI is InChI=1S/C21H26N4O5/c26-19(9-10-24-20(27)17-3-1-2-4-18(17)21(24)28)23-13-11-22(12-14-23)15-5-7-16(8-6-15)25(29)30/h5-8,17-18H,1-4,9-14H2/t17-,18-/m0/s1. The fourth-order valence-corrected chi connectivity index (χ4v) is 4.82. The number of imide groups is 1. The summed E-state index contributed by atoms with van der Waals surface area (Å²) in [4.78, 5) is 53.2. The normalized spacial score (nSPS) is 24.2. The second kappa shape index (κ2) is 8.41. The Hall–Kier alpha value is -2.97. The molecule has 3 aliphatic rings. The van der Waals surface area contributed by atoms with Gasteiger partial charge in [0.25, 0.3) is 5.69 Å². The Balaban J connectivity index is 1.27. The second-order valence-corrected chi connectivity index (χ2v) is 8.22. The average Bonchev–Trinajstić information content (AvgIpc) is 3.02. The van der Waals surface area contributed by atoms with Gasteiger partial charge in [0, 0.05) is 57.0 Å². The first kappa shape index (κ1) is 20.3. The van der Waals surface area contributed by atoms with Crippen LogP contribution in [0.5, 0.6) is 0 Å². The van der Waals surface area contributed by atoms with Gasteiger partial charge in [-0.3, -0.25) is 29.4 Å². The van der Waals surface area contributed by atoms with E-state index in [0.717, 1.165) is 31.4 Å². The molecule has 0 aromatic heterocycles. The number of amides is 3. The SMILES string of the molecule is O=C(CCN1C(=O)[C@H]2CCCC[C@@H]2C1=O)N1CCN(c2ccc([N+](=O)[O-])cc2)CC1. The molecule has 1 aliphatic carbocycles. The molecule has 2 saturated heterocycles. The van der Waals surface area contributed by atoms with Crippen molar-refractivity contribution in [3.8, 4) is 0 Å². The molecule has 1 aromatic carbocycles. The Morgan fingerprint density at radius 2 is 1.53 bits per heavy atom. The third-order valence-corrected chi connectivity index (χ3v) is 6.54. The molecule has 160 valence electrons. The van der Waals surface area contributed by atoms with E-state index in [9.17, 15) is 24.5 Å². The zero-order chi connectivity index (χ0) is 21.3. The summed E-state index contributed by atoms with van der Waals surface area (Å²) in [5, 5.41) is 10.8. The van der Waals surface area contributed by atoms with Crippen molar-refractivity contribution < 1.29 is 19.3 Å². The predicted octanol–water partition coefficient (Wildman–Crippen LogP) is 1.81. The van der Waals surface area contributed by atoms with Crippen molar-refractivity contribution in [3.05, 3.63) is 34.4 Å². The Bertz CT molecular complexity index is 823. The zero-order valence-corrected chi connectivity index (χ0v) is 16.9. The molecular weight excluding hydrogens is 388 g/mol. The van der Waals surface area contributed by atoms with Gasteiger partial charge in [0.1, 0.15) is 0 Å². The summed E-state index contributed by atoms with van der Waals surface area (Å²) in [6.45, 7) is 2.53. The lowest BCUT2D eigenvalue weighted by Crippen LogP contribution is -2.49. The number of rotatable bonds is 5. The molecule has 30 heavy (non-hydrogen) atoms. The van der Waals surface area contributed by atoms with Crippen LogP contribution in [-0.4, -0.2) is 65.2 Å². The Kier molecular flexibility index (Phi) is 5.69. The summed E-state index contributed by atoms with van der Waals surface area (Å²) in [5.41, 5.74) is 0.946. The van der Waals surface area contributed by atoms with Gasteiger partial charge in [0.05, 0.1) is 16.8 Å². The highest BCUT2D eigenvalue weighted by Crippen LogP contribution is 2.38. The van der Waals surface area contributed by atoms with Crippen LogP contribution in [0.15, 0.2) is 24.3 Å². The number of likely N-dealkylation sites (tertiary alicyclic amines) is 1. The number of carbonyl (C=O) groups is 3. The monoisotopic (exact) mass is 414 g/mol. The van der Waals surface area contributed by atoms with Gasteiger partial charge in [0.15, 0.2) is 0 Å². The predicted molar refractivity (Wildman–Crippen MR) is 109 cm³/mol. The summed E-state index contributed by atoms with van der Waals surface area (Å²) in [5.74, 6) is -0.590. The molecule has 0 N–H and O–H groups in total. The summed E-state index contributed by atoms with van der Waals surface area (Å²) in [6.07, 6.45) is 3.71. The Morgan fingerprint density at radius 3 is 2.07 bits per heavy atom. The molecule has 3 amide bonds. The molecule has 0 unspecified atom stereocenters. The van der Waals surface area contributed by atoms with Crippen molar-refractivity contribution in [1.82, 2.24) is 9.80 Å². The van der Waals surface area contributed by atoms with Crippen LogP contribution in [0.1, 0.15) is 32.1 Å². The molecule has 4 rings (SSSR count). The van der Waals surface area contributed by atoms with Crippen LogP contribution in [0.2, 0.25) is 0 Å². The van der Waals surface area contributed by atoms with Crippen molar-refractivity contribution in [2.24, 2.45) is 11.8 Å². The van der Waals surface area contributed by atoms with Crippen molar-refractivity contribution in [1.29, 1.82) is 0 Å². The van der Waals surface area contributed by atoms with E-state index in [-0.39, 0.29) is 48.2 Å². The van der Waals surface area contributed by atoms with Gasteiger partial charge in [-0.1, -0.05) is 12.8 Å². The molecule has 2 heterocycles. The number of carbonyl (C=O) groups excluding carboxylic acids is 3. The van der Waals surface area contributed by atoms with Gasteiger partial charge < -0.3 is 9.80 Å². The van der Waals surface area contributed by atoms with Crippen LogP contribution in [0.3, 0.4) is 0 Å². The maximum atomic E-state index is 12.6. The van der Waals surface area contributed by atoms with Gasteiger partial charge in [-0.25, -0.2) is 0 Å². The first-order valence-corrected chi connectivity index (χ1v) is 10.6. The number of nitro groups is 1. The highest BCUT2D eigenvalue weighted by Gasteiger charge is 2.47. The number of nitro benzene ring substituents is 1. The molecule has 3 fully saturated rings. The van der Waals surface area contributed by atoms with Crippen LogP contribution in [0.4, 0.5) is 11.4 Å². The number of piperazine rings is 1. The summed E-state index contributed by atoms with van der Waals surface area (Å²) < 4.78 is 0. The number of fused-ring (bicyclic) bond motifs is 1. The fourth-order valence-electron chi connectivity index (χ4n) is 4.82. The summed E-state index contributed by atoms with van der Waals surface area (Å²) in [7, 11) is 0. The van der Waals surface area contributed by atoms with E-state index in [1.807, 2.05) is 0 Å². The fraction of sp³-hybridized carbons (Fsp3) is 0.571. The van der Waals surface area contributed by atoms with E-state index in [2.05, 4.69) is 4.90 Å². The molecule has 2 aliphatic heterocycles. The maximum Gasteiger partial charge on any atom is 0.269 e. The van der Waals surface area contributed by atoms with Crippen molar-refractivity contribution in [2.45, 2.75) is 32.1 Å². The van der Waals surface area contributed by atoms with E-state index >= 15 is 0 Å². The number of hydrogen-bond donors (Lipinski definition) is 0. The number of hydrogen-bond acceptors (Lipinski definition) is 6. The first-order chi connectivity index (χ1) is 14.5. The molecule has 9 heteroatoms. The van der Waals surface area contributed by atoms with E-state index in [1.54, 1.807) is 17.0 Å². The van der Waals surface area contributed by atoms with E-state index in [0.29, 0.717) is 26.2 Å². The summed E-state index contributed by atoms with van der Waals surface area (Å²) >= 11 is 0. The lowest BCUT2D eigenvalue weighted by atomic mass is 9.81. The van der Waals surface area contributed by atoms with Gasteiger partial charge in [-0.15, -0.1) is 0 Å². The minimum absolute atomic E-state index is 0.0474. The largest absolute Gasteiger partial charge is 0.368 e. The van der Waals surface area contributed by atoms with Gasteiger partial charge >= 0.3 is 0 Å².